The minimum atomic E-state index is -1.07. The van der Waals surface area contributed by atoms with Gasteiger partial charge in [0.2, 0.25) is 0 Å². The summed E-state index contributed by atoms with van der Waals surface area (Å²) in [7, 11) is 0. The van der Waals surface area contributed by atoms with Gasteiger partial charge in [-0.05, 0) is 36.1 Å². The summed E-state index contributed by atoms with van der Waals surface area (Å²) < 4.78 is 4.89. The SMILES string of the molecule is CC(C)CC(NC(=O)c1ccc(Cl)o1)C(=O)O. The Kier molecular flexibility index (Phi) is 4.57. The van der Waals surface area contributed by atoms with Crippen molar-refractivity contribution in [2.75, 3.05) is 0 Å². The normalized spacial score (nSPS) is 12.5. The van der Waals surface area contributed by atoms with E-state index in [4.69, 9.17) is 21.1 Å². The number of carboxylic acids is 1. The Balaban J connectivity index is 2.67. The van der Waals surface area contributed by atoms with Crippen LogP contribution in [0.5, 0.6) is 0 Å². The molecule has 17 heavy (non-hydrogen) atoms. The van der Waals surface area contributed by atoms with E-state index in [1.165, 1.54) is 12.1 Å². The predicted molar refractivity (Wildman–Crippen MR) is 62.1 cm³/mol. The lowest BCUT2D eigenvalue weighted by atomic mass is 10.0. The van der Waals surface area contributed by atoms with Crippen molar-refractivity contribution in [2.45, 2.75) is 26.3 Å². The highest BCUT2D eigenvalue weighted by atomic mass is 35.5. The van der Waals surface area contributed by atoms with Crippen LogP contribution in [0.4, 0.5) is 0 Å². The van der Waals surface area contributed by atoms with E-state index in [1.54, 1.807) is 0 Å². The number of carbonyl (C=O) groups is 2. The van der Waals surface area contributed by atoms with Crippen molar-refractivity contribution < 1.29 is 19.1 Å². The van der Waals surface area contributed by atoms with Crippen LogP contribution < -0.4 is 5.32 Å². The topological polar surface area (TPSA) is 79.5 Å². The molecule has 0 aliphatic carbocycles. The molecule has 1 heterocycles. The average Bonchev–Trinajstić information content (AvgIpc) is 2.63. The summed E-state index contributed by atoms with van der Waals surface area (Å²) in [6.07, 6.45) is 0.357. The fourth-order valence-electron chi connectivity index (χ4n) is 1.36. The third-order valence-electron chi connectivity index (χ3n) is 2.11. The maximum atomic E-state index is 11.6. The summed E-state index contributed by atoms with van der Waals surface area (Å²) >= 11 is 5.52. The third-order valence-corrected chi connectivity index (χ3v) is 2.31. The number of rotatable bonds is 5. The van der Waals surface area contributed by atoms with Crippen LogP contribution >= 0.6 is 11.6 Å². The van der Waals surface area contributed by atoms with Crippen molar-refractivity contribution in [3.05, 3.63) is 23.1 Å². The van der Waals surface area contributed by atoms with Crippen molar-refractivity contribution in [3.8, 4) is 0 Å². The molecule has 0 aliphatic heterocycles. The van der Waals surface area contributed by atoms with Gasteiger partial charge in [0.15, 0.2) is 11.0 Å². The van der Waals surface area contributed by atoms with Gasteiger partial charge < -0.3 is 14.8 Å². The number of carbonyl (C=O) groups excluding carboxylic acids is 1. The molecule has 1 rings (SSSR count). The summed E-state index contributed by atoms with van der Waals surface area (Å²) in [5, 5.41) is 11.4. The molecule has 0 aromatic carbocycles. The Morgan fingerprint density at radius 1 is 1.47 bits per heavy atom. The second-order valence-electron chi connectivity index (χ2n) is 4.10. The molecule has 1 aromatic heterocycles. The molecule has 0 radical (unpaired) electrons. The lowest BCUT2D eigenvalue weighted by Gasteiger charge is -2.15. The van der Waals surface area contributed by atoms with E-state index in [2.05, 4.69) is 5.32 Å². The molecule has 1 amide bonds. The molecule has 0 bridgehead atoms. The monoisotopic (exact) mass is 259 g/mol. The van der Waals surface area contributed by atoms with Gasteiger partial charge in [-0.15, -0.1) is 0 Å². The van der Waals surface area contributed by atoms with Gasteiger partial charge in [0, 0.05) is 0 Å². The average molecular weight is 260 g/mol. The lowest BCUT2D eigenvalue weighted by Crippen LogP contribution is -2.41. The van der Waals surface area contributed by atoms with Gasteiger partial charge >= 0.3 is 5.97 Å². The standard InChI is InChI=1S/C11H14ClNO4/c1-6(2)5-7(11(15)16)13-10(14)8-3-4-9(12)17-8/h3-4,6-7H,5H2,1-2H3,(H,13,14)(H,15,16). The Morgan fingerprint density at radius 2 is 2.12 bits per heavy atom. The van der Waals surface area contributed by atoms with Crippen LogP contribution in [0.25, 0.3) is 0 Å². The van der Waals surface area contributed by atoms with Crippen molar-refractivity contribution in [1.82, 2.24) is 5.32 Å². The molecular weight excluding hydrogens is 246 g/mol. The first-order valence-electron chi connectivity index (χ1n) is 5.19. The van der Waals surface area contributed by atoms with E-state index in [0.717, 1.165) is 0 Å². The lowest BCUT2D eigenvalue weighted by molar-refractivity contribution is -0.139. The summed E-state index contributed by atoms with van der Waals surface area (Å²) in [5.74, 6) is -1.48. The van der Waals surface area contributed by atoms with Crippen molar-refractivity contribution >= 4 is 23.5 Å². The Hall–Kier alpha value is -1.49. The Labute approximate surface area is 104 Å². The highest BCUT2D eigenvalue weighted by Gasteiger charge is 2.23. The molecule has 1 atom stereocenters. The van der Waals surface area contributed by atoms with Gasteiger partial charge in [0.05, 0.1) is 0 Å². The van der Waals surface area contributed by atoms with Crippen LogP contribution in [0.15, 0.2) is 16.5 Å². The second kappa shape index (κ2) is 5.72. The molecule has 2 N–H and O–H groups in total. The summed E-state index contributed by atoms with van der Waals surface area (Å²) in [6, 6.07) is 1.90. The maximum Gasteiger partial charge on any atom is 0.326 e. The van der Waals surface area contributed by atoms with E-state index in [1.807, 2.05) is 13.8 Å². The fraction of sp³-hybridized carbons (Fsp3) is 0.455. The van der Waals surface area contributed by atoms with Crippen LogP contribution in [-0.2, 0) is 4.79 Å². The van der Waals surface area contributed by atoms with Gasteiger partial charge in [0.25, 0.3) is 5.91 Å². The van der Waals surface area contributed by atoms with Crippen LogP contribution in [-0.4, -0.2) is 23.0 Å². The van der Waals surface area contributed by atoms with Gasteiger partial charge in [-0.2, -0.15) is 0 Å². The molecule has 94 valence electrons. The van der Waals surface area contributed by atoms with Crippen molar-refractivity contribution in [2.24, 2.45) is 5.92 Å². The molecule has 1 aromatic rings. The van der Waals surface area contributed by atoms with E-state index < -0.39 is 17.9 Å². The largest absolute Gasteiger partial charge is 0.480 e. The Bertz CT molecular complexity index is 413. The molecular formula is C11H14ClNO4. The molecule has 1 unspecified atom stereocenters. The first-order chi connectivity index (χ1) is 7.90. The minimum Gasteiger partial charge on any atom is -0.480 e. The first-order valence-corrected chi connectivity index (χ1v) is 5.57. The molecule has 0 fully saturated rings. The first kappa shape index (κ1) is 13.6. The van der Waals surface area contributed by atoms with Crippen LogP contribution in [0.3, 0.4) is 0 Å². The van der Waals surface area contributed by atoms with Crippen molar-refractivity contribution in [1.29, 1.82) is 0 Å². The van der Waals surface area contributed by atoms with E-state index in [-0.39, 0.29) is 16.9 Å². The Morgan fingerprint density at radius 3 is 2.53 bits per heavy atom. The molecule has 6 heteroatoms. The molecule has 0 spiro atoms. The van der Waals surface area contributed by atoms with Crippen LogP contribution in [0, 0.1) is 5.92 Å². The number of carboxylic acid groups (broad SMARTS) is 1. The van der Waals surface area contributed by atoms with Crippen LogP contribution in [0.1, 0.15) is 30.8 Å². The molecule has 0 aliphatic rings. The number of hydrogen-bond donors (Lipinski definition) is 2. The quantitative estimate of drug-likeness (QED) is 0.849. The maximum absolute atomic E-state index is 11.6. The van der Waals surface area contributed by atoms with Crippen molar-refractivity contribution in [3.63, 3.8) is 0 Å². The third kappa shape index (κ3) is 4.11. The molecule has 5 nitrogen and oxygen atoms in total. The molecule has 0 saturated carbocycles. The molecule has 0 saturated heterocycles. The van der Waals surface area contributed by atoms with Gasteiger partial charge in [-0.25, -0.2) is 4.79 Å². The number of nitrogens with one attached hydrogen (secondary N) is 1. The zero-order valence-electron chi connectivity index (χ0n) is 9.57. The smallest absolute Gasteiger partial charge is 0.326 e. The highest BCUT2D eigenvalue weighted by Crippen LogP contribution is 2.13. The van der Waals surface area contributed by atoms with Gasteiger partial charge in [-0.3, -0.25) is 4.79 Å². The van der Waals surface area contributed by atoms with Crippen LogP contribution in [0.2, 0.25) is 5.22 Å². The predicted octanol–water partition coefficient (Wildman–Crippen LogP) is 2.16. The number of aliphatic carboxylic acids is 1. The number of hydrogen-bond acceptors (Lipinski definition) is 3. The zero-order valence-corrected chi connectivity index (χ0v) is 10.3. The number of halogens is 1. The number of furan rings is 1. The summed E-state index contributed by atoms with van der Waals surface area (Å²) in [5.41, 5.74) is 0. The highest BCUT2D eigenvalue weighted by molar-refractivity contribution is 6.29. The minimum absolute atomic E-state index is 0.00464. The summed E-state index contributed by atoms with van der Waals surface area (Å²) in [6.45, 7) is 3.76. The number of amides is 1. The van der Waals surface area contributed by atoms with E-state index in [9.17, 15) is 9.59 Å². The van der Waals surface area contributed by atoms with E-state index >= 15 is 0 Å². The van der Waals surface area contributed by atoms with E-state index in [0.29, 0.717) is 6.42 Å². The van der Waals surface area contributed by atoms with Gasteiger partial charge in [0.1, 0.15) is 6.04 Å². The fourth-order valence-corrected chi connectivity index (χ4v) is 1.50. The van der Waals surface area contributed by atoms with Gasteiger partial charge in [-0.1, -0.05) is 13.8 Å². The zero-order chi connectivity index (χ0) is 13.0. The second-order valence-corrected chi connectivity index (χ2v) is 4.47. The summed E-state index contributed by atoms with van der Waals surface area (Å²) in [4.78, 5) is 22.6.